The zero-order chi connectivity index (χ0) is 19.9. The number of para-hydroxylation sites is 1. The molecule has 1 amide bonds. The second kappa shape index (κ2) is 8.94. The maximum atomic E-state index is 12.1. The number of benzene rings is 1. The van der Waals surface area contributed by atoms with Crippen molar-refractivity contribution in [1.29, 1.82) is 0 Å². The average molecular weight is 383 g/mol. The van der Waals surface area contributed by atoms with Gasteiger partial charge in [0.15, 0.2) is 6.61 Å². The molecule has 28 heavy (non-hydrogen) atoms. The number of hydrogen-bond acceptors (Lipinski definition) is 7. The molecule has 9 nitrogen and oxygen atoms in total. The van der Waals surface area contributed by atoms with Crippen LogP contribution in [-0.2, 0) is 20.7 Å². The van der Waals surface area contributed by atoms with Crippen molar-refractivity contribution in [2.45, 2.75) is 20.3 Å². The van der Waals surface area contributed by atoms with E-state index in [9.17, 15) is 9.59 Å². The number of nitrogens with one attached hydrogen (secondary N) is 1. The second-order valence-corrected chi connectivity index (χ2v) is 6.08. The molecule has 2 heterocycles. The van der Waals surface area contributed by atoms with Crippen molar-refractivity contribution in [3.63, 3.8) is 0 Å². The molecule has 0 spiro atoms. The molecule has 3 rings (SSSR count). The van der Waals surface area contributed by atoms with Crippen molar-refractivity contribution in [1.82, 2.24) is 24.9 Å². The third kappa shape index (κ3) is 4.81. The van der Waals surface area contributed by atoms with E-state index in [-0.39, 0.29) is 18.9 Å². The molecule has 0 saturated carbocycles. The Morgan fingerprint density at radius 2 is 1.96 bits per heavy atom. The van der Waals surface area contributed by atoms with Crippen LogP contribution < -0.4 is 10.1 Å². The Kier molecular flexibility index (Phi) is 6.15. The summed E-state index contributed by atoms with van der Waals surface area (Å²) in [5, 5.41) is 6.72. The highest BCUT2D eigenvalue weighted by atomic mass is 16.5. The molecule has 0 fully saturated rings. The van der Waals surface area contributed by atoms with Gasteiger partial charge in [-0.05, 0) is 26.0 Å². The minimum absolute atomic E-state index is 0.00483. The smallest absolute Gasteiger partial charge is 0.310 e. The number of carbonyl (C=O) groups is 2. The Bertz CT molecular complexity index is 971. The van der Waals surface area contributed by atoms with Crippen LogP contribution in [-0.4, -0.2) is 51.2 Å². The minimum Gasteiger partial charge on any atom is -0.492 e. The maximum Gasteiger partial charge on any atom is 0.310 e. The summed E-state index contributed by atoms with van der Waals surface area (Å²) in [6.07, 6.45) is 1.41. The Hall–Kier alpha value is -3.49. The molecule has 0 radical (unpaired) electrons. The van der Waals surface area contributed by atoms with E-state index in [1.165, 1.54) is 6.33 Å². The lowest BCUT2D eigenvalue weighted by molar-refractivity contribution is -0.147. The van der Waals surface area contributed by atoms with Crippen molar-refractivity contribution in [2.75, 3.05) is 19.8 Å². The Morgan fingerprint density at radius 1 is 1.18 bits per heavy atom. The standard InChI is InChI=1S/C19H21N5O4/c1-13-16(14(2)24-19(23-13)21-12-22-24)10-18(26)28-11-17(25)20-8-9-27-15-6-4-3-5-7-15/h3-7,12H,8-11H2,1-2H3,(H,20,25). The number of ether oxygens (including phenoxy) is 2. The van der Waals surface area contributed by atoms with Gasteiger partial charge >= 0.3 is 5.97 Å². The lowest BCUT2D eigenvalue weighted by atomic mass is 10.1. The number of rotatable bonds is 8. The number of amides is 1. The van der Waals surface area contributed by atoms with Gasteiger partial charge in [0.2, 0.25) is 0 Å². The molecule has 0 aliphatic rings. The number of aryl methyl sites for hydroxylation is 2. The fraction of sp³-hybridized carbons (Fsp3) is 0.316. The second-order valence-electron chi connectivity index (χ2n) is 6.08. The van der Waals surface area contributed by atoms with E-state index in [0.29, 0.717) is 30.2 Å². The molecule has 1 aromatic carbocycles. The van der Waals surface area contributed by atoms with Gasteiger partial charge in [0.25, 0.3) is 11.7 Å². The molecule has 0 aliphatic carbocycles. The van der Waals surface area contributed by atoms with Crippen LogP contribution in [0.25, 0.3) is 5.78 Å². The van der Waals surface area contributed by atoms with E-state index < -0.39 is 5.97 Å². The van der Waals surface area contributed by atoms with Crippen molar-refractivity contribution in [2.24, 2.45) is 0 Å². The van der Waals surface area contributed by atoms with E-state index in [1.807, 2.05) is 37.3 Å². The summed E-state index contributed by atoms with van der Waals surface area (Å²) in [5.41, 5.74) is 2.15. The Morgan fingerprint density at radius 3 is 2.75 bits per heavy atom. The van der Waals surface area contributed by atoms with Gasteiger partial charge in [-0.2, -0.15) is 10.1 Å². The number of aromatic nitrogens is 4. The fourth-order valence-electron chi connectivity index (χ4n) is 2.68. The zero-order valence-corrected chi connectivity index (χ0v) is 15.7. The lowest BCUT2D eigenvalue weighted by Crippen LogP contribution is -2.32. The number of hydrogen-bond donors (Lipinski definition) is 1. The first-order valence-corrected chi connectivity index (χ1v) is 8.80. The predicted octanol–water partition coefficient (Wildman–Crippen LogP) is 1.02. The van der Waals surface area contributed by atoms with Crippen LogP contribution in [0.2, 0.25) is 0 Å². The quantitative estimate of drug-likeness (QED) is 0.457. The summed E-state index contributed by atoms with van der Waals surface area (Å²) in [6, 6.07) is 9.30. The van der Waals surface area contributed by atoms with Gasteiger partial charge in [-0.15, -0.1) is 0 Å². The molecule has 9 heteroatoms. The summed E-state index contributed by atoms with van der Waals surface area (Å²) in [5.74, 6) is 0.308. The van der Waals surface area contributed by atoms with Crippen LogP contribution in [0.1, 0.15) is 17.0 Å². The van der Waals surface area contributed by atoms with E-state index in [0.717, 1.165) is 11.4 Å². The Labute approximate surface area is 161 Å². The minimum atomic E-state index is -0.511. The van der Waals surface area contributed by atoms with Crippen LogP contribution in [0.5, 0.6) is 5.75 Å². The van der Waals surface area contributed by atoms with Gasteiger partial charge in [0.1, 0.15) is 18.7 Å². The van der Waals surface area contributed by atoms with Crippen LogP contribution in [0.15, 0.2) is 36.7 Å². The SMILES string of the molecule is Cc1nc2ncnn2c(C)c1CC(=O)OCC(=O)NCCOc1ccccc1. The van der Waals surface area contributed by atoms with Gasteiger partial charge in [-0.25, -0.2) is 9.50 Å². The van der Waals surface area contributed by atoms with Crippen molar-refractivity contribution >= 4 is 17.7 Å². The summed E-state index contributed by atoms with van der Waals surface area (Å²) < 4.78 is 12.1. The number of nitrogens with zero attached hydrogens (tertiary/aromatic N) is 4. The number of carbonyl (C=O) groups excluding carboxylic acids is 2. The van der Waals surface area contributed by atoms with Crippen LogP contribution >= 0.6 is 0 Å². The van der Waals surface area contributed by atoms with Gasteiger partial charge in [0, 0.05) is 17.0 Å². The monoisotopic (exact) mass is 383 g/mol. The first-order valence-electron chi connectivity index (χ1n) is 8.80. The van der Waals surface area contributed by atoms with Crippen LogP contribution in [0.4, 0.5) is 0 Å². The van der Waals surface area contributed by atoms with Crippen molar-refractivity contribution in [3.05, 3.63) is 53.6 Å². The molecule has 0 atom stereocenters. The highest BCUT2D eigenvalue weighted by molar-refractivity contribution is 5.81. The molecule has 1 N–H and O–H groups in total. The zero-order valence-electron chi connectivity index (χ0n) is 15.7. The predicted molar refractivity (Wildman–Crippen MR) is 99.9 cm³/mol. The molecule has 0 unspecified atom stereocenters. The molecule has 0 bridgehead atoms. The molecule has 3 aromatic rings. The average Bonchev–Trinajstić information content (AvgIpc) is 3.16. The van der Waals surface area contributed by atoms with Crippen molar-refractivity contribution < 1.29 is 19.1 Å². The molecule has 0 aliphatic heterocycles. The first-order chi connectivity index (χ1) is 13.5. The third-order valence-corrected chi connectivity index (χ3v) is 4.11. The van der Waals surface area contributed by atoms with Gasteiger partial charge < -0.3 is 14.8 Å². The van der Waals surface area contributed by atoms with Crippen LogP contribution in [0.3, 0.4) is 0 Å². The summed E-state index contributed by atoms with van der Waals surface area (Å²) in [6.45, 7) is 3.92. The Balaban J connectivity index is 1.42. The lowest BCUT2D eigenvalue weighted by Gasteiger charge is -2.11. The summed E-state index contributed by atoms with van der Waals surface area (Å²) in [7, 11) is 0. The molecule has 0 saturated heterocycles. The number of fused-ring (bicyclic) bond motifs is 1. The summed E-state index contributed by atoms with van der Waals surface area (Å²) >= 11 is 0. The van der Waals surface area contributed by atoms with Crippen LogP contribution in [0, 0.1) is 13.8 Å². The third-order valence-electron chi connectivity index (χ3n) is 4.11. The van der Waals surface area contributed by atoms with Gasteiger partial charge in [-0.1, -0.05) is 18.2 Å². The summed E-state index contributed by atoms with van der Waals surface area (Å²) in [4.78, 5) is 32.3. The molecule has 146 valence electrons. The highest BCUT2D eigenvalue weighted by Gasteiger charge is 2.16. The number of esters is 1. The van der Waals surface area contributed by atoms with E-state index in [4.69, 9.17) is 9.47 Å². The largest absolute Gasteiger partial charge is 0.492 e. The molecular formula is C19H21N5O4. The normalized spacial score (nSPS) is 10.6. The fourth-order valence-corrected chi connectivity index (χ4v) is 2.68. The van der Waals surface area contributed by atoms with E-state index >= 15 is 0 Å². The highest BCUT2D eigenvalue weighted by Crippen LogP contribution is 2.14. The topological polar surface area (TPSA) is 108 Å². The first kappa shape index (κ1) is 19.3. The van der Waals surface area contributed by atoms with E-state index in [2.05, 4.69) is 20.4 Å². The maximum absolute atomic E-state index is 12.1. The van der Waals surface area contributed by atoms with Gasteiger partial charge in [0.05, 0.1) is 13.0 Å². The van der Waals surface area contributed by atoms with E-state index in [1.54, 1.807) is 11.4 Å². The molecule has 2 aromatic heterocycles. The molecular weight excluding hydrogens is 362 g/mol. The van der Waals surface area contributed by atoms with Gasteiger partial charge in [-0.3, -0.25) is 9.59 Å². The van der Waals surface area contributed by atoms with Crippen molar-refractivity contribution in [3.8, 4) is 5.75 Å².